The number of aliphatic hydroxyl groups excluding tert-OH is 1. The van der Waals surface area contributed by atoms with Crippen molar-refractivity contribution < 1.29 is 14.3 Å². The van der Waals surface area contributed by atoms with E-state index in [0.717, 1.165) is 0 Å². The highest BCUT2D eigenvalue weighted by Gasteiger charge is 2.05. The maximum absolute atomic E-state index is 12.7. The molecular weight excluding hydrogens is 159 g/mol. The van der Waals surface area contributed by atoms with Crippen molar-refractivity contribution in [2.45, 2.75) is 13.0 Å². The molecule has 1 atom stereocenters. The topological polar surface area (TPSA) is 37.3 Å². The Morgan fingerprint density at radius 3 is 2.75 bits per heavy atom. The Bertz CT molecular complexity index is 295. The molecule has 0 saturated heterocycles. The number of carbonyl (C=O) groups excluding carboxylic acids is 1. The molecule has 0 fully saturated rings. The summed E-state index contributed by atoms with van der Waals surface area (Å²) in [7, 11) is 0. The number of hydrogen-bond acceptors (Lipinski definition) is 2. The molecule has 1 rings (SSSR count). The average Bonchev–Trinajstić information content (AvgIpc) is 2.05. The van der Waals surface area contributed by atoms with E-state index in [1.807, 2.05) is 0 Å². The fourth-order valence-electron chi connectivity index (χ4n) is 0.912. The highest BCUT2D eigenvalue weighted by molar-refractivity contribution is 5.75. The van der Waals surface area contributed by atoms with Crippen molar-refractivity contribution in [1.29, 1.82) is 0 Å². The molecule has 0 aliphatic heterocycles. The molecule has 3 heteroatoms. The third-order valence-electron chi connectivity index (χ3n) is 1.63. The normalized spacial score (nSPS) is 12.6. The van der Waals surface area contributed by atoms with E-state index in [4.69, 9.17) is 5.11 Å². The second kappa shape index (κ2) is 3.45. The molecule has 2 nitrogen and oxygen atoms in total. The average molecular weight is 168 g/mol. The quantitative estimate of drug-likeness (QED) is 0.682. The van der Waals surface area contributed by atoms with Gasteiger partial charge in [0, 0.05) is 0 Å². The van der Waals surface area contributed by atoms with Gasteiger partial charge < -0.3 is 5.11 Å². The molecule has 0 saturated carbocycles. The Balaban J connectivity index is 3.13. The van der Waals surface area contributed by atoms with Crippen LogP contribution in [0.3, 0.4) is 0 Å². The van der Waals surface area contributed by atoms with Gasteiger partial charge in [0.2, 0.25) is 0 Å². The summed E-state index contributed by atoms with van der Waals surface area (Å²) in [4.78, 5) is 10.3. The maximum atomic E-state index is 12.7. The molecule has 0 amide bonds. The molecule has 12 heavy (non-hydrogen) atoms. The first-order valence-electron chi connectivity index (χ1n) is 3.58. The lowest BCUT2D eigenvalue weighted by molar-refractivity contribution is 0.111. The van der Waals surface area contributed by atoms with E-state index in [2.05, 4.69) is 0 Å². The fourth-order valence-corrected chi connectivity index (χ4v) is 0.912. The Kier molecular flexibility index (Phi) is 2.55. The van der Waals surface area contributed by atoms with Crippen LogP contribution in [-0.4, -0.2) is 11.4 Å². The van der Waals surface area contributed by atoms with E-state index in [0.29, 0.717) is 11.8 Å². The van der Waals surface area contributed by atoms with Crippen molar-refractivity contribution in [2.24, 2.45) is 0 Å². The monoisotopic (exact) mass is 168 g/mol. The molecule has 0 radical (unpaired) electrons. The van der Waals surface area contributed by atoms with Crippen molar-refractivity contribution in [3.8, 4) is 0 Å². The second-order valence-electron chi connectivity index (χ2n) is 2.57. The van der Waals surface area contributed by atoms with Gasteiger partial charge in [0.1, 0.15) is 5.82 Å². The van der Waals surface area contributed by atoms with Crippen LogP contribution in [0.25, 0.3) is 0 Å². The first kappa shape index (κ1) is 8.87. The highest BCUT2D eigenvalue weighted by atomic mass is 19.1. The van der Waals surface area contributed by atoms with E-state index in [-0.39, 0.29) is 5.56 Å². The maximum Gasteiger partial charge on any atom is 0.153 e. The Labute approximate surface area is 69.6 Å². The SMILES string of the molecule is C[C@@H](O)c1ccc(F)c(C=O)c1. The zero-order valence-electron chi connectivity index (χ0n) is 6.62. The zero-order valence-corrected chi connectivity index (χ0v) is 6.62. The molecule has 0 heterocycles. The van der Waals surface area contributed by atoms with Gasteiger partial charge in [-0.1, -0.05) is 6.07 Å². The standard InChI is InChI=1S/C9H9FO2/c1-6(12)7-2-3-9(10)8(4-7)5-11/h2-6,12H,1H3/t6-/m1/s1. The van der Waals surface area contributed by atoms with E-state index in [1.165, 1.54) is 18.2 Å². The van der Waals surface area contributed by atoms with E-state index < -0.39 is 11.9 Å². The van der Waals surface area contributed by atoms with Crippen LogP contribution in [0.1, 0.15) is 28.9 Å². The predicted molar refractivity (Wildman–Crippen MR) is 42.4 cm³/mol. The van der Waals surface area contributed by atoms with Crippen LogP contribution >= 0.6 is 0 Å². The van der Waals surface area contributed by atoms with Crippen LogP contribution in [0.15, 0.2) is 18.2 Å². The summed E-state index contributed by atoms with van der Waals surface area (Å²) in [6.07, 6.45) is -0.245. The van der Waals surface area contributed by atoms with Gasteiger partial charge in [-0.3, -0.25) is 4.79 Å². The molecule has 0 bridgehead atoms. The summed E-state index contributed by atoms with van der Waals surface area (Å²) >= 11 is 0. The molecule has 64 valence electrons. The Hall–Kier alpha value is -1.22. The van der Waals surface area contributed by atoms with E-state index in [1.54, 1.807) is 6.92 Å². The van der Waals surface area contributed by atoms with E-state index in [9.17, 15) is 9.18 Å². The highest BCUT2D eigenvalue weighted by Crippen LogP contribution is 2.15. The van der Waals surface area contributed by atoms with Gasteiger partial charge in [-0.2, -0.15) is 0 Å². The van der Waals surface area contributed by atoms with Crippen LogP contribution in [-0.2, 0) is 0 Å². The lowest BCUT2D eigenvalue weighted by Crippen LogP contribution is -1.95. The van der Waals surface area contributed by atoms with Gasteiger partial charge in [0.05, 0.1) is 11.7 Å². The summed E-state index contributed by atoms with van der Waals surface area (Å²) < 4.78 is 12.7. The number of benzene rings is 1. The van der Waals surface area contributed by atoms with Gasteiger partial charge in [-0.15, -0.1) is 0 Å². The lowest BCUT2D eigenvalue weighted by Gasteiger charge is -2.04. The number of aldehydes is 1. The zero-order chi connectivity index (χ0) is 9.14. The van der Waals surface area contributed by atoms with Gasteiger partial charge in [0.25, 0.3) is 0 Å². The first-order valence-corrected chi connectivity index (χ1v) is 3.58. The Morgan fingerprint density at radius 2 is 2.25 bits per heavy atom. The van der Waals surface area contributed by atoms with Gasteiger partial charge >= 0.3 is 0 Å². The minimum absolute atomic E-state index is 0.0200. The van der Waals surface area contributed by atoms with Gasteiger partial charge in [0.15, 0.2) is 6.29 Å². The summed E-state index contributed by atoms with van der Waals surface area (Å²) in [5, 5.41) is 9.10. The number of aliphatic hydroxyl groups is 1. The smallest absolute Gasteiger partial charge is 0.153 e. The first-order chi connectivity index (χ1) is 5.65. The van der Waals surface area contributed by atoms with Crippen LogP contribution in [0.4, 0.5) is 4.39 Å². The number of rotatable bonds is 2. The largest absolute Gasteiger partial charge is 0.389 e. The van der Waals surface area contributed by atoms with Crippen molar-refractivity contribution >= 4 is 6.29 Å². The summed E-state index contributed by atoms with van der Waals surface area (Å²) in [5.74, 6) is -0.561. The number of carbonyl (C=O) groups is 1. The van der Waals surface area contributed by atoms with Crippen LogP contribution in [0, 0.1) is 5.82 Å². The molecule has 0 aliphatic carbocycles. The van der Waals surface area contributed by atoms with Crippen molar-refractivity contribution in [1.82, 2.24) is 0 Å². The third-order valence-corrected chi connectivity index (χ3v) is 1.63. The molecule has 1 N–H and O–H groups in total. The fraction of sp³-hybridized carbons (Fsp3) is 0.222. The van der Waals surface area contributed by atoms with Crippen molar-refractivity contribution in [3.05, 3.63) is 35.1 Å². The van der Waals surface area contributed by atoms with Gasteiger partial charge in [-0.05, 0) is 24.6 Å². The van der Waals surface area contributed by atoms with Crippen LogP contribution < -0.4 is 0 Å². The third kappa shape index (κ3) is 1.68. The number of halogens is 1. The molecule has 1 aromatic rings. The van der Waals surface area contributed by atoms with Crippen molar-refractivity contribution in [3.63, 3.8) is 0 Å². The van der Waals surface area contributed by atoms with Crippen LogP contribution in [0.2, 0.25) is 0 Å². The number of hydrogen-bond donors (Lipinski definition) is 1. The Morgan fingerprint density at radius 1 is 1.58 bits per heavy atom. The van der Waals surface area contributed by atoms with Crippen molar-refractivity contribution in [2.75, 3.05) is 0 Å². The molecular formula is C9H9FO2. The second-order valence-corrected chi connectivity index (χ2v) is 2.57. The van der Waals surface area contributed by atoms with Gasteiger partial charge in [-0.25, -0.2) is 4.39 Å². The minimum atomic E-state index is -0.677. The molecule has 0 unspecified atom stereocenters. The summed E-state index contributed by atoms with van der Waals surface area (Å²) in [5.41, 5.74) is 0.520. The molecule has 1 aromatic carbocycles. The predicted octanol–water partition coefficient (Wildman–Crippen LogP) is 1.69. The summed E-state index contributed by atoms with van der Waals surface area (Å²) in [6, 6.07) is 3.96. The molecule has 0 aliphatic rings. The minimum Gasteiger partial charge on any atom is -0.389 e. The van der Waals surface area contributed by atoms with Crippen LogP contribution in [0.5, 0.6) is 0 Å². The summed E-state index contributed by atoms with van der Waals surface area (Å²) in [6.45, 7) is 1.56. The molecule has 0 aromatic heterocycles. The van der Waals surface area contributed by atoms with E-state index >= 15 is 0 Å². The lowest BCUT2D eigenvalue weighted by atomic mass is 10.1. The molecule has 0 spiro atoms.